The minimum Gasteiger partial charge on any atom is -0.301 e. The minimum absolute atomic E-state index is 0.502. The van der Waals surface area contributed by atoms with Gasteiger partial charge >= 0.3 is 0 Å². The van der Waals surface area contributed by atoms with E-state index in [1.54, 1.807) is 10.6 Å². The Labute approximate surface area is 93.8 Å². The van der Waals surface area contributed by atoms with Gasteiger partial charge in [0, 0.05) is 6.20 Å². The first-order valence-electron chi connectivity index (χ1n) is 3.93. The quantitative estimate of drug-likeness (QED) is 0.602. The van der Waals surface area contributed by atoms with E-state index in [0.29, 0.717) is 9.34 Å². The molecule has 0 N–H and O–H groups in total. The van der Waals surface area contributed by atoms with Crippen LogP contribution in [0.4, 0.5) is 0 Å². The van der Waals surface area contributed by atoms with Crippen LogP contribution in [0.25, 0.3) is 6.08 Å². The van der Waals surface area contributed by atoms with Gasteiger partial charge < -0.3 is 4.57 Å². The predicted molar refractivity (Wildman–Crippen MR) is 65.7 cm³/mol. The highest BCUT2D eigenvalue weighted by atomic mass is 35.5. The summed E-state index contributed by atoms with van der Waals surface area (Å²) in [5.41, 5.74) is 0.892. The van der Waals surface area contributed by atoms with E-state index < -0.39 is 0 Å². The maximum Gasteiger partial charge on any atom is 0.141 e. The summed E-state index contributed by atoms with van der Waals surface area (Å²) >= 11 is 15.0. The van der Waals surface area contributed by atoms with Gasteiger partial charge in [0.05, 0.1) is 10.7 Å². The number of rotatable bonds is 2. The summed E-state index contributed by atoms with van der Waals surface area (Å²) in [5, 5.41) is 0.695. The molecule has 0 atom stereocenters. The molecule has 1 rings (SSSR count). The molecule has 0 aliphatic rings. The summed E-state index contributed by atoms with van der Waals surface area (Å²) in [6, 6.07) is 1.80. The molecular formula is C9H10ClNS2. The maximum atomic E-state index is 5.96. The Bertz CT molecular complexity index is 341. The van der Waals surface area contributed by atoms with E-state index in [1.165, 1.54) is 0 Å². The molecule has 0 fully saturated rings. The van der Waals surface area contributed by atoms with Crippen LogP contribution in [0, 0.1) is 0 Å². The molecule has 0 saturated carbocycles. The van der Waals surface area contributed by atoms with Crippen molar-refractivity contribution >= 4 is 46.8 Å². The standard InChI is InChI=1S/C9H10ClNS2/c1-2-3-4-8-7(10)5-6-11(8)9(12)13/h3-6H,2H2,1H3,(H,12,13)/b4-3+. The summed E-state index contributed by atoms with van der Waals surface area (Å²) in [6.07, 6.45) is 6.77. The first-order chi connectivity index (χ1) is 6.16. The molecule has 0 aliphatic heterocycles. The lowest BCUT2D eigenvalue weighted by Crippen LogP contribution is -2.01. The number of hydrogen-bond donors (Lipinski definition) is 1. The van der Waals surface area contributed by atoms with Crippen LogP contribution in [-0.4, -0.2) is 8.89 Å². The Kier molecular flexibility index (Phi) is 4.03. The van der Waals surface area contributed by atoms with Gasteiger partial charge in [0.1, 0.15) is 4.32 Å². The molecule has 1 aromatic heterocycles. The summed E-state index contributed by atoms with van der Waals surface area (Å²) in [5.74, 6) is 0. The maximum absolute atomic E-state index is 5.96. The van der Waals surface area contributed by atoms with E-state index in [4.69, 9.17) is 23.8 Å². The Hall–Kier alpha value is -0.250. The zero-order valence-electron chi connectivity index (χ0n) is 7.20. The highest BCUT2D eigenvalue weighted by Crippen LogP contribution is 2.19. The lowest BCUT2D eigenvalue weighted by Gasteiger charge is -2.01. The molecule has 0 aliphatic carbocycles. The molecule has 0 aromatic carbocycles. The van der Waals surface area contributed by atoms with Crippen LogP contribution in [0.2, 0.25) is 5.02 Å². The van der Waals surface area contributed by atoms with E-state index in [1.807, 2.05) is 18.3 Å². The average molecular weight is 232 g/mol. The molecule has 1 heterocycles. The number of aromatic nitrogens is 1. The molecule has 1 nitrogen and oxygen atoms in total. The number of allylic oxidation sites excluding steroid dienone is 1. The number of thiol groups is 1. The van der Waals surface area contributed by atoms with Crippen LogP contribution in [0.1, 0.15) is 19.0 Å². The smallest absolute Gasteiger partial charge is 0.141 e. The van der Waals surface area contributed by atoms with Crippen LogP contribution in [0.5, 0.6) is 0 Å². The van der Waals surface area contributed by atoms with Crippen molar-refractivity contribution in [3.63, 3.8) is 0 Å². The number of hydrogen-bond acceptors (Lipinski definition) is 1. The Morgan fingerprint density at radius 3 is 3.00 bits per heavy atom. The summed E-state index contributed by atoms with van der Waals surface area (Å²) in [4.78, 5) is 0. The van der Waals surface area contributed by atoms with Gasteiger partial charge in [-0.15, -0.1) is 12.6 Å². The second-order valence-electron chi connectivity index (χ2n) is 2.51. The molecule has 70 valence electrons. The van der Waals surface area contributed by atoms with Gasteiger partial charge in [-0.1, -0.05) is 36.8 Å². The van der Waals surface area contributed by atoms with Crippen molar-refractivity contribution in [2.45, 2.75) is 13.3 Å². The van der Waals surface area contributed by atoms with Gasteiger partial charge in [-0.2, -0.15) is 0 Å². The number of thiocarbonyl (C=S) groups is 1. The molecule has 0 spiro atoms. The minimum atomic E-state index is 0.502. The second-order valence-corrected chi connectivity index (χ2v) is 4.03. The van der Waals surface area contributed by atoms with Gasteiger partial charge in [0.2, 0.25) is 0 Å². The monoisotopic (exact) mass is 231 g/mol. The molecule has 4 heteroatoms. The molecule has 0 saturated heterocycles. The molecule has 0 radical (unpaired) electrons. The fourth-order valence-electron chi connectivity index (χ4n) is 0.977. The van der Waals surface area contributed by atoms with Gasteiger partial charge in [-0.05, 0) is 18.6 Å². The van der Waals surface area contributed by atoms with Crippen molar-refractivity contribution in [3.8, 4) is 0 Å². The zero-order valence-corrected chi connectivity index (χ0v) is 9.66. The Balaban J connectivity index is 3.08. The molecular weight excluding hydrogens is 222 g/mol. The van der Waals surface area contributed by atoms with Gasteiger partial charge in [0.25, 0.3) is 0 Å². The molecule has 0 amide bonds. The number of nitrogens with zero attached hydrogens (tertiary/aromatic N) is 1. The highest BCUT2D eigenvalue weighted by Gasteiger charge is 2.04. The van der Waals surface area contributed by atoms with Crippen molar-refractivity contribution in [2.75, 3.05) is 0 Å². The van der Waals surface area contributed by atoms with Crippen LogP contribution in [0.3, 0.4) is 0 Å². The van der Waals surface area contributed by atoms with E-state index in [9.17, 15) is 0 Å². The van der Waals surface area contributed by atoms with Crippen LogP contribution in [0.15, 0.2) is 18.3 Å². The lowest BCUT2D eigenvalue weighted by molar-refractivity contribution is 1.18. The lowest BCUT2D eigenvalue weighted by atomic mass is 10.3. The van der Waals surface area contributed by atoms with E-state index in [-0.39, 0.29) is 0 Å². The number of halogens is 1. The zero-order chi connectivity index (χ0) is 9.84. The van der Waals surface area contributed by atoms with Crippen LogP contribution >= 0.6 is 36.4 Å². The van der Waals surface area contributed by atoms with E-state index in [0.717, 1.165) is 12.1 Å². The van der Waals surface area contributed by atoms with E-state index in [2.05, 4.69) is 19.6 Å². The summed E-state index contributed by atoms with van der Waals surface area (Å²) in [6.45, 7) is 2.07. The van der Waals surface area contributed by atoms with Gasteiger partial charge in [-0.25, -0.2) is 0 Å². The van der Waals surface area contributed by atoms with Crippen molar-refractivity contribution in [3.05, 3.63) is 29.1 Å². The fraction of sp³-hybridized carbons (Fsp3) is 0.222. The van der Waals surface area contributed by atoms with Crippen molar-refractivity contribution in [1.82, 2.24) is 4.57 Å². The van der Waals surface area contributed by atoms with Crippen LogP contribution < -0.4 is 0 Å². The Morgan fingerprint density at radius 1 is 1.77 bits per heavy atom. The third-order valence-corrected chi connectivity index (χ3v) is 2.32. The molecule has 1 aromatic rings. The summed E-state index contributed by atoms with van der Waals surface area (Å²) < 4.78 is 2.27. The third-order valence-electron chi connectivity index (χ3n) is 1.59. The van der Waals surface area contributed by atoms with Crippen LogP contribution in [-0.2, 0) is 0 Å². The average Bonchev–Trinajstić information content (AvgIpc) is 2.43. The molecule has 0 unspecified atom stereocenters. The SMILES string of the molecule is CC/C=C/c1c(Cl)ccn1C(=S)S. The van der Waals surface area contributed by atoms with Crippen molar-refractivity contribution in [2.24, 2.45) is 0 Å². The third kappa shape index (κ3) is 2.59. The first kappa shape index (κ1) is 10.8. The summed E-state index contributed by atoms with van der Waals surface area (Å²) in [7, 11) is 0. The first-order valence-corrected chi connectivity index (χ1v) is 5.16. The van der Waals surface area contributed by atoms with Gasteiger partial charge in [-0.3, -0.25) is 0 Å². The highest BCUT2D eigenvalue weighted by molar-refractivity contribution is 8.11. The Morgan fingerprint density at radius 2 is 2.46 bits per heavy atom. The fourth-order valence-corrected chi connectivity index (χ4v) is 1.52. The topological polar surface area (TPSA) is 4.93 Å². The predicted octanol–water partition coefficient (Wildman–Crippen LogP) is 3.63. The molecule has 0 bridgehead atoms. The molecule has 13 heavy (non-hydrogen) atoms. The largest absolute Gasteiger partial charge is 0.301 e. The van der Waals surface area contributed by atoms with Crippen molar-refractivity contribution in [1.29, 1.82) is 0 Å². The van der Waals surface area contributed by atoms with Crippen molar-refractivity contribution < 1.29 is 0 Å². The second kappa shape index (κ2) is 4.84. The van der Waals surface area contributed by atoms with E-state index >= 15 is 0 Å². The normalized spacial score (nSPS) is 11.0. The van der Waals surface area contributed by atoms with Gasteiger partial charge in [0.15, 0.2) is 0 Å².